The van der Waals surface area contributed by atoms with E-state index in [9.17, 15) is 24.3 Å². The van der Waals surface area contributed by atoms with Crippen molar-refractivity contribution in [3.05, 3.63) is 0 Å². The first kappa shape index (κ1) is 32.1. The molecule has 0 saturated carbocycles. The van der Waals surface area contributed by atoms with Crippen LogP contribution < -0.4 is 21.3 Å². The largest absolute Gasteiger partial charge is 0.480 e. The van der Waals surface area contributed by atoms with Crippen LogP contribution in [0.1, 0.15) is 52.4 Å². The number of carboxylic acids is 1. The Morgan fingerprint density at radius 1 is 1.03 bits per heavy atom. The first-order valence-electron chi connectivity index (χ1n) is 12.4. The number of aliphatic hydroxyl groups is 1. The molecule has 13 heteroatoms. The third kappa shape index (κ3) is 13.4. The Kier molecular flexibility index (Phi) is 16.3. The number of nitrogens with one attached hydrogen (secondary N) is 4. The number of aliphatic hydroxyl groups excluding tert-OH is 1. The summed E-state index contributed by atoms with van der Waals surface area (Å²) in [5, 5.41) is 29.6. The lowest BCUT2D eigenvalue weighted by Gasteiger charge is -2.23. The topological polar surface area (TPSA) is 175 Å². The maximum atomic E-state index is 12.9. The smallest absolute Gasteiger partial charge is 0.325 e. The molecule has 1 fully saturated rings. The number of thioether (sulfide) groups is 1. The van der Waals surface area contributed by atoms with Gasteiger partial charge in [0.05, 0.1) is 25.9 Å². The van der Waals surface area contributed by atoms with Gasteiger partial charge in [-0.3, -0.25) is 19.2 Å². The molecule has 1 aliphatic heterocycles. The number of carbonyl (C=O) groups excluding carboxylic acids is 3. The second-order valence-corrected chi connectivity index (χ2v) is 10.0. The van der Waals surface area contributed by atoms with Gasteiger partial charge in [0.1, 0.15) is 23.6 Å². The minimum absolute atomic E-state index is 0.231. The molecule has 0 spiro atoms. The zero-order valence-corrected chi connectivity index (χ0v) is 22.2. The van der Waals surface area contributed by atoms with Crippen molar-refractivity contribution in [2.24, 2.45) is 0 Å². The first-order chi connectivity index (χ1) is 17.1. The lowest BCUT2D eigenvalue weighted by molar-refractivity contribution is -0.141. The number of carboxylic acid groups (broad SMARTS) is 1. The van der Waals surface area contributed by atoms with Crippen molar-refractivity contribution in [1.82, 2.24) is 21.3 Å². The second-order valence-electron chi connectivity index (χ2n) is 8.75. The fourth-order valence-corrected chi connectivity index (χ4v) is 4.29. The minimum Gasteiger partial charge on any atom is -0.480 e. The number of amides is 3. The Bertz CT molecular complexity index is 693. The number of ether oxygens (including phenoxy) is 2. The zero-order chi connectivity index (χ0) is 26.9. The molecule has 1 rings (SSSR count). The quantitative estimate of drug-likeness (QED) is 0.0944. The van der Waals surface area contributed by atoms with Crippen LogP contribution in [0.2, 0.25) is 0 Å². The predicted octanol–water partition coefficient (Wildman–Crippen LogP) is -0.408. The van der Waals surface area contributed by atoms with E-state index in [1.54, 1.807) is 7.11 Å². The van der Waals surface area contributed by atoms with Gasteiger partial charge in [-0.25, -0.2) is 0 Å². The van der Waals surface area contributed by atoms with Gasteiger partial charge >= 0.3 is 5.97 Å². The van der Waals surface area contributed by atoms with Crippen LogP contribution in [0, 0.1) is 0 Å². The minimum atomic E-state index is -1.18. The van der Waals surface area contributed by atoms with Gasteiger partial charge in [0, 0.05) is 7.11 Å². The molecule has 1 unspecified atom stereocenters. The average molecular weight is 535 g/mol. The Morgan fingerprint density at radius 3 is 2.39 bits per heavy atom. The third-order valence-corrected chi connectivity index (χ3v) is 6.68. The third-order valence-electron chi connectivity index (χ3n) is 5.63. The van der Waals surface area contributed by atoms with Crippen LogP contribution in [-0.4, -0.2) is 103 Å². The molecule has 208 valence electrons. The van der Waals surface area contributed by atoms with Gasteiger partial charge in [0.2, 0.25) is 17.7 Å². The van der Waals surface area contributed by atoms with Gasteiger partial charge in [-0.05, 0) is 51.8 Å². The highest BCUT2D eigenvalue weighted by atomic mass is 32.2. The number of rotatable bonds is 19. The molecule has 0 aromatic heterocycles. The average Bonchev–Trinajstić information content (AvgIpc) is 3.38. The monoisotopic (exact) mass is 534 g/mol. The van der Waals surface area contributed by atoms with Crippen LogP contribution in [0.4, 0.5) is 0 Å². The highest BCUT2D eigenvalue weighted by molar-refractivity contribution is 7.99. The zero-order valence-electron chi connectivity index (χ0n) is 21.4. The molecule has 36 heavy (non-hydrogen) atoms. The fourth-order valence-electron chi connectivity index (χ4n) is 3.45. The van der Waals surface area contributed by atoms with Gasteiger partial charge in [0.25, 0.3) is 0 Å². The first-order valence-corrected chi connectivity index (χ1v) is 13.4. The SMILES string of the molecule is COCCOCC(O)SCCCCC[C@H](NC(=O)[C@@H]1CCCN1)C(=O)N[C@@H](C)C(=O)N[C@@H](C)C(=O)O. The van der Waals surface area contributed by atoms with E-state index in [4.69, 9.17) is 14.6 Å². The predicted molar refractivity (Wildman–Crippen MR) is 135 cm³/mol. The molecule has 1 heterocycles. The summed E-state index contributed by atoms with van der Waals surface area (Å²) in [5.74, 6) is -1.83. The molecule has 0 radical (unpaired) electrons. The van der Waals surface area contributed by atoms with Crippen LogP contribution >= 0.6 is 11.8 Å². The van der Waals surface area contributed by atoms with E-state index in [1.807, 2.05) is 0 Å². The summed E-state index contributed by atoms with van der Waals surface area (Å²) in [6.45, 7) is 4.67. The van der Waals surface area contributed by atoms with E-state index in [1.165, 1.54) is 25.6 Å². The van der Waals surface area contributed by atoms with Crippen molar-refractivity contribution in [1.29, 1.82) is 0 Å². The van der Waals surface area contributed by atoms with Crippen LogP contribution in [0.15, 0.2) is 0 Å². The van der Waals surface area contributed by atoms with Crippen LogP contribution in [0.5, 0.6) is 0 Å². The van der Waals surface area contributed by atoms with Crippen LogP contribution in [-0.2, 0) is 28.7 Å². The van der Waals surface area contributed by atoms with Crippen LogP contribution in [0.3, 0.4) is 0 Å². The van der Waals surface area contributed by atoms with Crippen molar-refractivity contribution in [2.75, 3.05) is 39.2 Å². The van der Waals surface area contributed by atoms with Gasteiger partial charge < -0.3 is 41.0 Å². The van der Waals surface area contributed by atoms with E-state index in [2.05, 4.69) is 21.3 Å². The number of unbranched alkanes of at least 4 members (excludes halogenated alkanes) is 2. The highest BCUT2D eigenvalue weighted by Crippen LogP contribution is 2.14. The molecule has 5 atom stereocenters. The Labute approximate surface area is 217 Å². The normalized spacial score (nSPS) is 18.6. The standard InChI is InChI=1S/C23H42N4O8S/c1-15(20(29)26-16(2)23(32)33)25-22(31)18(27-21(30)17-9-7-10-24-17)8-5-4-6-13-36-19(28)14-35-12-11-34-3/h15-19,24,28H,4-14H2,1-3H3,(H,25,31)(H,26,29)(H,27,30)(H,32,33)/t15-,16-,17-,18-,19?/m0/s1. The maximum absolute atomic E-state index is 12.9. The molecule has 0 bridgehead atoms. The summed E-state index contributed by atoms with van der Waals surface area (Å²) >= 11 is 1.39. The van der Waals surface area contributed by atoms with Crippen molar-refractivity contribution in [3.63, 3.8) is 0 Å². The molecule has 12 nitrogen and oxygen atoms in total. The maximum Gasteiger partial charge on any atom is 0.325 e. The molecule has 3 amide bonds. The molecular weight excluding hydrogens is 492 g/mol. The lowest BCUT2D eigenvalue weighted by Crippen LogP contribution is -2.55. The number of hydrogen-bond donors (Lipinski definition) is 6. The summed E-state index contributed by atoms with van der Waals surface area (Å²) < 4.78 is 10.2. The van der Waals surface area contributed by atoms with Gasteiger partial charge in [-0.15, -0.1) is 11.8 Å². The molecule has 0 aliphatic carbocycles. The van der Waals surface area contributed by atoms with Crippen molar-refractivity contribution in [2.45, 2.75) is 82.0 Å². The van der Waals surface area contributed by atoms with Crippen molar-refractivity contribution in [3.8, 4) is 0 Å². The molecule has 0 aromatic carbocycles. The molecule has 6 N–H and O–H groups in total. The fraction of sp³-hybridized carbons (Fsp3) is 0.826. The summed E-state index contributed by atoms with van der Waals surface area (Å²) in [4.78, 5) is 48.6. The molecule has 1 saturated heterocycles. The van der Waals surface area contributed by atoms with Crippen molar-refractivity contribution >= 4 is 35.5 Å². The Hall–Kier alpha value is -1.93. The van der Waals surface area contributed by atoms with E-state index in [0.717, 1.165) is 31.6 Å². The number of methoxy groups -OCH3 is 1. The van der Waals surface area contributed by atoms with E-state index in [0.29, 0.717) is 32.5 Å². The Balaban J connectivity index is 2.49. The highest BCUT2D eigenvalue weighted by Gasteiger charge is 2.29. The van der Waals surface area contributed by atoms with Gasteiger partial charge in [-0.1, -0.05) is 12.8 Å². The summed E-state index contributed by atoms with van der Waals surface area (Å²) in [6.07, 6.45) is 4.23. The summed E-state index contributed by atoms with van der Waals surface area (Å²) in [6, 6.07) is -3.22. The number of aliphatic carboxylic acids is 1. The molecule has 1 aliphatic rings. The summed E-state index contributed by atoms with van der Waals surface area (Å²) in [7, 11) is 1.58. The van der Waals surface area contributed by atoms with Gasteiger partial charge in [0.15, 0.2) is 0 Å². The molecular formula is C23H42N4O8S. The summed E-state index contributed by atoms with van der Waals surface area (Å²) in [5.41, 5.74) is -0.616. The van der Waals surface area contributed by atoms with E-state index >= 15 is 0 Å². The molecule has 0 aromatic rings. The van der Waals surface area contributed by atoms with E-state index < -0.39 is 41.3 Å². The van der Waals surface area contributed by atoms with E-state index in [-0.39, 0.29) is 18.6 Å². The van der Waals surface area contributed by atoms with Crippen LogP contribution in [0.25, 0.3) is 0 Å². The number of hydrogen-bond acceptors (Lipinski definition) is 9. The second kappa shape index (κ2) is 18.3. The lowest BCUT2D eigenvalue weighted by atomic mass is 10.1. The van der Waals surface area contributed by atoms with Crippen molar-refractivity contribution < 1.29 is 38.9 Å². The van der Waals surface area contributed by atoms with Gasteiger partial charge in [-0.2, -0.15) is 0 Å². The Morgan fingerprint density at radius 2 is 1.75 bits per heavy atom. The number of carbonyl (C=O) groups is 4.